The summed E-state index contributed by atoms with van der Waals surface area (Å²) >= 11 is 12.3. The van der Waals surface area contributed by atoms with Gasteiger partial charge in [0.25, 0.3) is 5.95 Å². The maximum absolute atomic E-state index is 6.15. The molecule has 1 aromatic carbocycles. The molecule has 0 bridgehead atoms. The number of piperazine rings is 1. The van der Waals surface area contributed by atoms with Crippen molar-refractivity contribution < 1.29 is 0 Å². The predicted octanol–water partition coefficient (Wildman–Crippen LogP) is 5.15. The summed E-state index contributed by atoms with van der Waals surface area (Å²) in [4.78, 5) is 13.8. The van der Waals surface area contributed by atoms with Gasteiger partial charge in [-0.05, 0) is 45.0 Å². The van der Waals surface area contributed by atoms with E-state index in [1.807, 2.05) is 45.2 Å². The first-order chi connectivity index (χ1) is 14.9. The zero-order chi connectivity index (χ0) is 22.0. The van der Waals surface area contributed by atoms with Gasteiger partial charge < -0.3 is 4.90 Å². The van der Waals surface area contributed by atoms with E-state index >= 15 is 0 Å². The van der Waals surface area contributed by atoms with Gasteiger partial charge in [0, 0.05) is 65.4 Å². The molecule has 0 spiro atoms. The van der Waals surface area contributed by atoms with Crippen molar-refractivity contribution in [1.82, 2.24) is 24.6 Å². The number of rotatable bonds is 5. The average Bonchev–Trinajstić information content (AvgIpc) is 3.07. The Morgan fingerprint density at radius 1 is 0.906 bits per heavy atom. The van der Waals surface area contributed by atoms with Gasteiger partial charge in [0.2, 0.25) is 0 Å². The van der Waals surface area contributed by atoms with Gasteiger partial charge >= 0.3 is 0 Å². The summed E-state index contributed by atoms with van der Waals surface area (Å²) in [5.41, 5.74) is 5.07. The van der Waals surface area contributed by atoms with Crippen molar-refractivity contribution in [2.75, 3.05) is 37.6 Å². The molecule has 1 aliphatic rings. The van der Waals surface area contributed by atoms with Crippen LogP contribution in [0, 0.1) is 20.8 Å². The number of aromatic nitrogens is 4. The van der Waals surface area contributed by atoms with E-state index in [9.17, 15) is 0 Å². The normalized spacial score (nSPS) is 14.7. The third-order valence-electron chi connectivity index (χ3n) is 5.45. The second kappa shape index (κ2) is 10.7. The molecule has 1 aliphatic heterocycles. The van der Waals surface area contributed by atoms with E-state index in [2.05, 4.69) is 37.0 Å². The standard InChI is InChI=1S/C23H26Cl2N6.ClH/c1-16-11-17(2)28-23(27-16)31-18(3)19(15-26-31)5-4-6-29-7-9-30(10-8-29)22-13-20(24)12-21(25)14-22;/h4-5,11-15H,6-10H2,1-3H3;1H. The summed E-state index contributed by atoms with van der Waals surface area (Å²) < 4.78 is 1.80. The van der Waals surface area contributed by atoms with Gasteiger partial charge in [-0.1, -0.05) is 35.4 Å². The lowest BCUT2D eigenvalue weighted by Gasteiger charge is -2.35. The molecule has 0 unspecified atom stereocenters. The van der Waals surface area contributed by atoms with Gasteiger partial charge in [0.15, 0.2) is 0 Å². The predicted molar refractivity (Wildman–Crippen MR) is 135 cm³/mol. The van der Waals surface area contributed by atoms with E-state index in [1.54, 1.807) is 10.7 Å². The van der Waals surface area contributed by atoms with Crippen LogP contribution in [0.4, 0.5) is 5.69 Å². The van der Waals surface area contributed by atoms with Crippen LogP contribution in [0.15, 0.2) is 36.5 Å². The summed E-state index contributed by atoms with van der Waals surface area (Å²) in [5.74, 6) is 0.617. The third-order valence-corrected chi connectivity index (χ3v) is 5.89. The summed E-state index contributed by atoms with van der Waals surface area (Å²) in [7, 11) is 0. The van der Waals surface area contributed by atoms with E-state index in [4.69, 9.17) is 23.2 Å². The van der Waals surface area contributed by atoms with Gasteiger partial charge in [0.05, 0.1) is 11.9 Å². The Labute approximate surface area is 205 Å². The molecule has 0 atom stereocenters. The molecule has 170 valence electrons. The highest BCUT2D eigenvalue weighted by Gasteiger charge is 2.17. The highest BCUT2D eigenvalue weighted by atomic mass is 35.5. The number of halogens is 3. The van der Waals surface area contributed by atoms with Crippen LogP contribution in [-0.4, -0.2) is 57.4 Å². The van der Waals surface area contributed by atoms with Gasteiger partial charge in [0.1, 0.15) is 0 Å². The van der Waals surface area contributed by atoms with E-state index in [0.717, 1.165) is 61.1 Å². The van der Waals surface area contributed by atoms with E-state index in [-0.39, 0.29) is 12.4 Å². The molecule has 0 amide bonds. The van der Waals surface area contributed by atoms with Crippen molar-refractivity contribution in [3.63, 3.8) is 0 Å². The molecule has 1 fully saturated rings. The average molecular weight is 494 g/mol. The van der Waals surface area contributed by atoms with Crippen molar-refractivity contribution in [1.29, 1.82) is 0 Å². The fraction of sp³-hybridized carbons (Fsp3) is 0.348. The Morgan fingerprint density at radius 2 is 1.53 bits per heavy atom. The van der Waals surface area contributed by atoms with E-state index < -0.39 is 0 Å². The smallest absolute Gasteiger partial charge is 0.251 e. The maximum atomic E-state index is 6.15. The second-order valence-electron chi connectivity index (χ2n) is 7.87. The number of anilines is 1. The molecule has 2 aromatic heterocycles. The molecule has 4 rings (SSSR count). The van der Waals surface area contributed by atoms with Crippen molar-refractivity contribution in [2.45, 2.75) is 20.8 Å². The fourth-order valence-corrected chi connectivity index (χ4v) is 4.34. The summed E-state index contributed by atoms with van der Waals surface area (Å²) in [6.45, 7) is 10.8. The monoisotopic (exact) mass is 492 g/mol. The molecule has 1 saturated heterocycles. The van der Waals surface area contributed by atoms with E-state index in [0.29, 0.717) is 16.0 Å². The molecule has 0 saturated carbocycles. The minimum atomic E-state index is 0. The Kier molecular flexibility index (Phi) is 8.17. The molecule has 32 heavy (non-hydrogen) atoms. The lowest BCUT2D eigenvalue weighted by atomic mass is 10.2. The van der Waals surface area contributed by atoms with Crippen LogP contribution in [0.1, 0.15) is 22.6 Å². The summed E-state index contributed by atoms with van der Waals surface area (Å²) in [6.07, 6.45) is 6.20. The zero-order valence-corrected chi connectivity index (χ0v) is 20.8. The number of hydrogen-bond donors (Lipinski definition) is 0. The maximum Gasteiger partial charge on any atom is 0.251 e. The SMILES string of the molecule is Cc1cc(C)nc(-n2ncc(C=CCN3CCN(c4cc(Cl)cc(Cl)c4)CC3)c2C)n1.Cl. The third kappa shape index (κ3) is 5.81. The minimum absolute atomic E-state index is 0. The number of nitrogens with zero attached hydrogens (tertiary/aromatic N) is 6. The summed E-state index contributed by atoms with van der Waals surface area (Å²) in [6, 6.07) is 7.68. The molecule has 0 N–H and O–H groups in total. The Balaban J connectivity index is 0.00000289. The van der Waals surface area contributed by atoms with Crippen LogP contribution >= 0.6 is 35.6 Å². The van der Waals surface area contributed by atoms with Crippen molar-refractivity contribution >= 4 is 47.4 Å². The molecule has 3 heterocycles. The number of aryl methyl sites for hydroxylation is 2. The van der Waals surface area contributed by atoms with Gasteiger partial charge in [-0.2, -0.15) is 5.10 Å². The molecule has 0 radical (unpaired) electrons. The molecule has 3 aromatic rings. The van der Waals surface area contributed by atoms with Crippen molar-refractivity contribution in [2.24, 2.45) is 0 Å². The van der Waals surface area contributed by atoms with Crippen molar-refractivity contribution in [3.05, 3.63) is 69.2 Å². The lowest BCUT2D eigenvalue weighted by molar-refractivity contribution is 0.284. The number of hydrogen-bond acceptors (Lipinski definition) is 5. The molecular formula is C23H27Cl3N6. The van der Waals surface area contributed by atoms with Gasteiger partial charge in [-0.3, -0.25) is 4.90 Å². The molecule has 6 nitrogen and oxygen atoms in total. The number of benzene rings is 1. The van der Waals surface area contributed by atoms with Crippen LogP contribution < -0.4 is 4.90 Å². The first kappa shape index (κ1) is 24.5. The molecule has 0 aliphatic carbocycles. The highest BCUT2D eigenvalue weighted by molar-refractivity contribution is 6.35. The first-order valence-corrected chi connectivity index (χ1v) is 11.1. The van der Waals surface area contributed by atoms with Gasteiger partial charge in [-0.15, -0.1) is 12.4 Å². The van der Waals surface area contributed by atoms with Crippen LogP contribution in [0.3, 0.4) is 0 Å². The van der Waals surface area contributed by atoms with Crippen molar-refractivity contribution in [3.8, 4) is 5.95 Å². The lowest BCUT2D eigenvalue weighted by Crippen LogP contribution is -2.46. The van der Waals surface area contributed by atoms with Gasteiger partial charge in [-0.25, -0.2) is 14.6 Å². The Morgan fingerprint density at radius 3 is 2.16 bits per heavy atom. The minimum Gasteiger partial charge on any atom is -0.369 e. The molecular weight excluding hydrogens is 467 g/mol. The van der Waals surface area contributed by atoms with E-state index in [1.165, 1.54) is 0 Å². The van der Waals surface area contributed by atoms with Crippen LogP contribution in [0.5, 0.6) is 0 Å². The van der Waals surface area contributed by atoms with Crippen LogP contribution in [-0.2, 0) is 0 Å². The Bertz CT molecular complexity index is 1060. The topological polar surface area (TPSA) is 50.1 Å². The quantitative estimate of drug-likeness (QED) is 0.492. The highest BCUT2D eigenvalue weighted by Crippen LogP contribution is 2.26. The first-order valence-electron chi connectivity index (χ1n) is 10.4. The summed E-state index contributed by atoms with van der Waals surface area (Å²) in [5, 5.41) is 5.84. The fourth-order valence-electron chi connectivity index (χ4n) is 3.83. The van der Waals surface area contributed by atoms with Crippen LogP contribution in [0.2, 0.25) is 10.0 Å². The Hall–Kier alpha value is -2.12. The zero-order valence-electron chi connectivity index (χ0n) is 18.4. The van der Waals surface area contributed by atoms with Crippen LogP contribution in [0.25, 0.3) is 12.0 Å². The molecule has 9 heteroatoms. The second-order valence-corrected chi connectivity index (χ2v) is 8.74. The largest absolute Gasteiger partial charge is 0.369 e.